The van der Waals surface area contributed by atoms with Crippen LogP contribution in [0.3, 0.4) is 0 Å². The van der Waals surface area contributed by atoms with Gasteiger partial charge in [0.2, 0.25) is 0 Å². The number of benzene rings is 4. The van der Waals surface area contributed by atoms with E-state index in [0.29, 0.717) is 27.0 Å². The van der Waals surface area contributed by atoms with Crippen molar-refractivity contribution in [3.05, 3.63) is 139 Å². The Morgan fingerprint density at radius 1 is 0.863 bits per heavy atom. The molecule has 4 atom stereocenters. The van der Waals surface area contributed by atoms with Crippen molar-refractivity contribution in [2.45, 2.75) is 51.4 Å². The van der Waals surface area contributed by atoms with E-state index < -0.39 is 54.9 Å². The van der Waals surface area contributed by atoms with Gasteiger partial charge < -0.3 is 0 Å². The second-order valence-corrected chi connectivity index (χ2v) is 16.7. The number of β-lactam (4-membered cyclic amide) rings is 1. The molecule has 0 saturated carbocycles. The Hall–Kier alpha value is -5.44. The number of ether oxygens (including phenoxy) is 1. The minimum absolute atomic E-state index is 0.00881. The molecule has 1 aliphatic rings. The summed E-state index contributed by atoms with van der Waals surface area (Å²) in [6.07, 6.45) is -1.43. The molecule has 3 N–H and O–H groups in total. The molecule has 10 nitrogen and oxygen atoms in total. The molecule has 4 aromatic carbocycles. The molecule has 5 rings (SSSR count). The number of esters is 1. The van der Waals surface area contributed by atoms with E-state index in [0.717, 1.165) is 0 Å². The number of ketones is 1. The molecular formula is C40H41N2O8P. The summed E-state index contributed by atoms with van der Waals surface area (Å²) in [4.78, 5) is 67.3. The van der Waals surface area contributed by atoms with Gasteiger partial charge in [0.05, 0.1) is 0 Å². The van der Waals surface area contributed by atoms with Gasteiger partial charge >= 0.3 is 297 Å². The number of amides is 2. The molecule has 11 heteroatoms. The van der Waals surface area contributed by atoms with E-state index in [2.05, 4.69) is 6.58 Å². The number of nitrogens with two attached hydrogens (primary N) is 1. The Balaban J connectivity index is 1.82. The molecule has 0 spiro atoms. The van der Waals surface area contributed by atoms with E-state index in [9.17, 15) is 29.1 Å². The van der Waals surface area contributed by atoms with Crippen LogP contribution in [0.5, 0.6) is 0 Å². The second-order valence-electron chi connectivity index (χ2n) is 12.5. The number of hydrogen-bond donors (Lipinski definition) is 2. The summed E-state index contributed by atoms with van der Waals surface area (Å²) in [5.74, 6) is -4.02. The van der Waals surface area contributed by atoms with Gasteiger partial charge in [0.25, 0.3) is 0 Å². The first-order valence-electron chi connectivity index (χ1n) is 16.6. The van der Waals surface area contributed by atoms with Crippen molar-refractivity contribution in [2.24, 2.45) is 11.7 Å². The van der Waals surface area contributed by atoms with E-state index in [-0.39, 0.29) is 25.0 Å². The number of aliphatic hydroxyl groups is 1. The molecule has 1 aliphatic heterocycles. The van der Waals surface area contributed by atoms with Gasteiger partial charge in [0.15, 0.2) is 0 Å². The summed E-state index contributed by atoms with van der Waals surface area (Å²) in [5, 5.41) is 12.5. The fraction of sp³-hybridized carbons (Fsp3) is 0.225. The molecule has 1 fully saturated rings. The number of carbonyl (C=O) groups is 5. The molecule has 0 radical (unpaired) electrons. The van der Waals surface area contributed by atoms with Crippen molar-refractivity contribution in [3.8, 4) is 0 Å². The molecule has 1 unspecified atom stereocenters. The van der Waals surface area contributed by atoms with Crippen molar-refractivity contribution >= 4 is 52.4 Å². The van der Waals surface area contributed by atoms with Gasteiger partial charge in [0.1, 0.15) is 0 Å². The monoisotopic (exact) mass is 708 g/mol. The summed E-state index contributed by atoms with van der Waals surface area (Å²) in [6, 6.07) is 32.2. The predicted molar refractivity (Wildman–Crippen MR) is 196 cm³/mol. The third-order valence-electron chi connectivity index (χ3n) is 9.14. The van der Waals surface area contributed by atoms with Crippen LogP contribution in [0.2, 0.25) is 0 Å². The fourth-order valence-electron chi connectivity index (χ4n) is 7.00. The first-order chi connectivity index (χ1) is 24.4. The van der Waals surface area contributed by atoms with Gasteiger partial charge in [-0.25, -0.2) is 0 Å². The van der Waals surface area contributed by atoms with Gasteiger partial charge in [-0.2, -0.15) is 0 Å². The number of nitrogens with zero attached hydrogens (tertiary/aromatic N) is 1. The SMILES string of the molecule is C=CCC(OC(C)=O)C(=O)OP(c1ccccc1)(c1ccccc1)(c1ccccc1)N1C(=O)[C@H]([C@@H](C)O)[C@H]1CC(=O)c1ccc(CC(N)=O)cc1. The maximum atomic E-state index is 14.9. The quantitative estimate of drug-likeness (QED) is 0.0620. The van der Waals surface area contributed by atoms with Crippen LogP contribution < -0.4 is 21.6 Å². The van der Waals surface area contributed by atoms with Crippen LogP contribution in [-0.4, -0.2) is 57.6 Å². The van der Waals surface area contributed by atoms with Crippen molar-refractivity contribution < 1.29 is 38.3 Å². The Labute approximate surface area is 296 Å². The van der Waals surface area contributed by atoms with E-state index in [1.54, 1.807) is 115 Å². The van der Waals surface area contributed by atoms with Crippen LogP contribution in [0.25, 0.3) is 0 Å². The zero-order chi connectivity index (χ0) is 36.8. The first kappa shape index (κ1) is 36.8. The standard InChI is InChI=1S/C40H41N2O8P/c1-4-14-36(49-28(3)44)40(48)50-51(31-15-8-5-9-16-31,32-17-10-6-11-18-32,33-19-12-7-13-20-33)42-34(38(27(2)43)39(42)47)26-35(45)30-23-21-29(22-24-30)25-37(41)46/h4-13,15-24,27,34,36,38,43H,1,14,25-26H2,2-3H3,(H2,41,46)/t27-,34-,36?,38-/m1/s1. The molecule has 1 saturated heterocycles. The molecule has 1 heterocycles. The van der Waals surface area contributed by atoms with Gasteiger partial charge in [-0.15, -0.1) is 0 Å². The Morgan fingerprint density at radius 2 is 1.35 bits per heavy atom. The van der Waals surface area contributed by atoms with Crippen LogP contribution in [0.4, 0.5) is 0 Å². The third kappa shape index (κ3) is 6.72. The number of hydrogen-bond acceptors (Lipinski definition) is 8. The van der Waals surface area contributed by atoms with E-state index in [1.807, 2.05) is 0 Å². The van der Waals surface area contributed by atoms with Crippen molar-refractivity contribution in [3.63, 3.8) is 0 Å². The van der Waals surface area contributed by atoms with Crippen LogP contribution >= 0.6 is 6.98 Å². The number of Topliss-reactive ketones (excluding diaryl/α,β-unsaturated/α-hetero) is 1. The van der Waals surface area contributed by atoms with Crippen molar-refractivity contribution in [1.82, 2.24) is 4.67 Å². The molecule has 0 bridgehead atoms. The van der Waals surface area contributed by atoms with Gasteiger partial charge in [-0.05, 0) is 0 Å². The average molecular weight is 709 g/mol. The molecule has 51 heavy (non-hydrogen) atoms. The topological polar surface area (TPSA) is 153 Å². The Kier molecular flexibility index (Phi) is 11.0. The van der Waals surface area contributed by atoms with Crippen LogP contribution in [0.15, 0.2) is 128 Å². The van der Waals surface area contributed by atoms with Crippen molar-refractivity contribution in [2.75, 3.05) is 0 Å². The zero-order valence-corrected chi connectivity index (χ0v) is 29.4. The van der Waals surface area contributed by atoms with Crippen molar-refractivity contribution in [1.29, 1.82) is 0 Å². The summed E-state index contributed by atoms with van der Waals surface area (Å²) in [7, 11) is 0. The van der Waals surface area contributed by atoms with E-state index >= 15 is 0 Å². The van der Waals surface area contributed by atoms with Crippen LogP contribution in [-0.2, 0) is 34.9 Å². The van der Waals surface area contributed by atoms with Crippen LogP contribution in [0.1, 0.15) is 42.6 Å². The number of rotatable bonds is 15. The second kappa shape index (κ2) is 15.2. The van der Waals surface area contributed by atoms with Gasteiger partial charge in [-0.1, -0.05) is 0 Å². The summed E-state index contributed by atoms with van der Waals surface area (Å²) in [5.41, 5.74) is 6.31. The fourth-order valence-corrected chi connectivity index (χ4v) is 13.0. The van der Waals surface area contributed by atoms with Gasteiger partial charge in [-0.3, -0.25) is 0 Å². The number of carbonyl (C=O) groups excluding carboxylic acids is 5. The first-order valence-corrected chi connectivity index (χ1v) is 18.7. The average Bonchev–Trinajstić information content (AvgIpc) is 3.11. The molecule has 264 valence electrons. The zero-order valence-electron chi connectivity index (χ0n) is 28.5. The van der Waals surface area contributed by atoms with E-state index in [4.69, 9.17) is 15.0 Å². The maximum absolute atomic E-state index is 14.9. The minimum atomic E-state index is -5.06. The molecule has 4 aromatic rings. The summed E-state index contributed by atoms with van der Waals surface area (Å²) >= 11 is 0. The molecule has 0 aliphatic carbocycles. The summed E-state index contributed by atoms with van der Waals surface area (Å²) in [6.45, 7) is 1.35. The van der Waals surface area contributed by atoms with Gasteiger partial charge in [0, 0.05) is 0 Å². The summed E-state index contributed by atoms with van der Waals surface area (Å²) < 4.78 is 14.0. The number of primary amides is 1. The third-order valence-corrected chi connectivity index (χ3v) is 14.8. The number of aliphatic hydroxyl groups excluding tert-OH is 1. The van der Waals surface area contributed by atoms with E-state index in [1.165, 1.54) is 24.6 Å². The predicted octanol–water partition coefficient (Wildman–Crippen LogP) is 3.91. The Morgan fingerprint density at radius 3 is 1.76 bits per heavy atom. The molecular weight excluding hydrogens is 667 g/mol. The molecule has 2 amide bonds. The Bertz CT molecular complexity index is 1820. The van der Waals surface area contributed by atoms with Crippen LogP contribution in [0, 0.1) is 5.92 Å². The normalized spacial score (nSPS) is 17.5. The molecule has 0 aromatic heterocycles.